The van der Waals surface area contributed by atoms with Gasteiger partial charge >= 0.3 is 95.5 Å². The van der Waals surface area contributed by atoms with E-state index in [-0.39, 0.29) is 89.0 Å². The number of esters is 16. The molecule has 8 N–H and O–H groups in total. The molecule has 0 saturated heterocycles. The Morgan fingerprint density at radius 1 is 0.139 bits per heavy atom. The summed E-state index contributed by atoms with van der Waals surface area (Å²) in [6.45, 7) is -20.1. The molecule has 0 atom stereocenters. The van der Waals surface area contributed by atoms with Crippen molar-refractivity contribution in [3.63, 3.8) is 0 Å². The highest BCUT2D eigenvalue weighted by atomic mass is 16.6. The van der Waals surface area contributed by atoms with Gasteiger partial charge in [0.1, 0.15) is 106 Å². The predicted molar refractivity (Wildman–Crippen MR) is 462 cm³/mol. The standard InChI is InChI=1S/C95H96O42/c96-33-41-122-77(104)61-1-17-69(18-2-61)85(112)130-53-93(54-131-86(113)70-19-3-62(4-20-70)78(105)123-42-34-97,49-120-51-94(55-132-87(114)71-21-5-63(6-22-71)79(106)124-43-35-98,56-133-88(115)72-23-7-64(8-24-72)80(107)125-44-36-99)57-134-89(116)73-25-9-65(10-26-73)81(108)126-45-37-100)50-121-52-95(58-135-90(117)74-27-11-66(12-28-74)82(109)127-46-38-101,59-136-91(118)75-29-13-67(14-30-75)83(110)128-47-39-102)60-137-92(119)76-31-15-68(16-32-76)84(111)129-48-40-103/h1-32,96-103H,33-60H2. The molecule has 42 heteroatoms. The van der Waals surface area contributed by atoms with E-state index < -0.39 is 297 Å². The molecule has 42 nitrogen and oxygen atoms in total. The highest BCUT2D eigenvalue weighted by molar-refractivity contribution is 5.99. The van der Waals surface area contributed by atoms with Crippen LogP contribution in [0.5, 0.6) is 0 Å². The van der Waals surface area contributed by atoms with Gasteiger partial charge < -0.3 is 126 Å². The van der Waals surface area contributed by atoms with Crippen LogP contribution in [0.4, 0.5) is 0 Å². The monoisotopic (exact) mass is 1910 g/mol. The average Bonchev–Trinajstić information content (AvgIpc) is 0.812. The first-order valence-corrected chi connectivity index (χ1v) is 41.6. The van der Waals surface area contributed by atoms with Gasteiger partial charge in [-0.25, -0.2) is 76.7 Å². The predicted octanol–water partition coefficient (Wildman–Crippen LogP) is 4.03. The fourth-order valence-corrected chi connectivity index (χ4v) is 11.8. The summed E-state index contributed by atoms with van der Waals surface area (Å²) in [6.07, 6.45) is 0. The summed E-state index contributed by atoms with van der Waals surface area (Å²) in [5.41, 5.74) is -9.90. The molecule has 137 heavy (non-hydrogen) atoms. The summed E-state index contributed by atoms with van der Waals surface area (Å²) in [6, 6.07) is 36.8. The van der Waals surface area contributed by atoms with Crippen molar-refractivity contribution in [2.24, 2.45) is 16.2 Å². The van der Waals surface area contributed by atoms with Crippen LogP contribution in [0.15, 0.2) is 194 Å². The smallest absolute Gasteiger partial charge is 0.338 e. The molecule has 0 saturated carbocycles. The van der Waals surface area contributed by atoms with Crippen LogP contribution in [0.25, 0.3) is 0 Å². The zero-order valence-corrected chi connectivity index (χ0v) is 73.2. The average molecular weight is 1910 g/mol. The highest BCUT2D eigenvalue weighted by Crippen LogP contribution is 2.32. The maximum atomic E-state index is 14.8. The molecule has 0 unspecified atom stereocenters. The third-order valence-corrected chi connectivity index (χ3v) is 19.2. The number of carbonyl (C=O) groups excluding carboxylic acids is 16. The molecule has 0 spiro atoms. The van der Waals surface area contributed by atoms with Crippen molar-refractivity contribution in [1.29, 1.82) is 0 Å². The number of ether oxygens (including phenoxy) is 18. The summed E-state index contributed by atoms with van der Waals surface area (Å²) >= 11 is 0. The molecule has 0 aliphatic carbocycles. The fourth-order valence-electron chi connectivity index (χ4n) is 11.8. The molecular weight excluding hydrogens is 1810 g/mol. The van der Waals surface area contributed by atoms with Crippen molar-refractivity contribution >= 4 is 95.5 Å². The summed E-state index contributed by atoms with van der Waals surface area (Å²) in [5, 5.41) is 74.7. The zero-order chi connectivity index (χ0) is 99.1. The minimum atomic E-state index is -2.33. The number of aliphatic hydroxyl groups excluding tert-OH is 8. The number of hydrogen-bond acceptors (Lipinski definition) is 42. The van der Waals surface area contributed by atoms with Crippen molar-refractivity contribution in [2.75, 3.05) is 185 Å². The number of aliphatic hydroxyl groups is 8. The summed E-state index contributed by atoms with van der Waals surface area (Å²) in [4.78, 5) is 220. The van der Waals surface area contributed by atoms with Gasteiger partial charge in [-0.3, -0.25) is 0 Å². The van der Waals surface area contributed by atoms with E-state index in [2.05, 4.69) is 0 Å². The minimum Gasteiger partial charge on any atom is -0.461 e. The van der Waals surface area contributed by atoms with Gasteiger partial charge in [-0.2, -0.15) is 0 Å². The van der Waals surface area contributed by atoms with Gasteiger partial charge in [0.15, 0.2) is 0 Å². The number of hydrogen-bond donors (Lipinski definition) is 8. The summed E-state index contributed by atoms with van der Waals surface area (Å²) in [7, 11) is 0. The Kier molecular flexibility index (Phi) is 43.5. The van der Waals surface area contributed by atoms with Crippen molar-refractivity contribution in [3.8, 4) is 0 Å². The van der Waals surface area contributed by atoms with Gasteiger partial charge in [0.2, 0.25) is 0 Å². The van der Waals surface area contributed by atoms with E-state index in [4.69, 9.17) is 85.3 Å². The van der Waals surface area contributed by atoms with Crippen LogP contribution in [-0.2, 0) is 85.3 Å². The van der Waals surface area contributed by atoms with Crippen LogP contribution in [0.2, 0.25) is 0 Å². The van der Waals surface area contributed by atoms with Crippen LogP contribution in [0, 0.1) is 16.2 Å². The first-order valence-electron chi connectivity index (χ1n) is 41.6. The Hall–Kier alpha value is -15.1. The Labute approximate surface area is 779 Å². The lowest BCUT2D eigenvalue weighted by Crippen LogP contribution is -2.48. The van der Waals surface area contributed by atoms with Gasteiger partial charge in [-0.1, -0.05) is 0 Å². The molecule has 0 bridgehead atoms. The van der Waals surface area contributed by atoms with E-state index in [9.17, 15) is 118 Å². The molecule has 0 amide bonds. The number of rotatable bonds is 56. The number of benzene rings is 8. The molecule has 728 valence electrons. The Balaban J connectivity index is 1.32. The largest absolute Gasteiger partial charge is 0.461 e. The van der Waals surface area contributed by atoms with Gasteiger partial charge in [0.25, 0.3) is 0 Å². The Morgan fingerprint density at radius 3 is 0.307 bits per heavy atom. The van der Waals surface area contributed by atoms with Gasteiger partial charge in [0, 0.05) is 0 Å². The van der Waals surface area contributed by atoms with Crippen LogP contribution in [0.1, 0.15) is 166 Å². The van der Waals surface area contributed by atoms with Crippen LogP contribution < -0.4 is 0 Å². The van der Waals surface area contributed by atoms with E-state index in [0.29, 0.717) is 0 Å². The quantitative estimate of drug-likeness (QED) is 0.0197. The Bertz CT molecular complexity index is 4670. The fraction of sp³-hybridized carbons (Fsp3) is 0.326. The van der Waals surface area contributed by atoms with Crippen LogP contribution in [0.3, 0.4) is 0 Å². The molecule has 0 fully saturated rings. The Morgan fingerprint density at radius 2 is 0.219 bits per heavy atom. The van der Waals surface area contributed by atoms with Crippen molar-refractivity contribution in [3.05, 3.63) is 283 Å². The first kappa shape index (κ1) is 107. The normalized spacial score (nSPS) is 11.1. The maximum Gasteiger partial charge on any atom is 0.338 e. The molecule has 8 aromatic rings. The molecule has 0 radical (unpaired) electrons. The summed E-state index contributed by atoms with van der Waals surface area (Å²) in [5.74, 6) is -16.9. The lowest BCUT2D eigenvalue weighted by molar-refractivity contribution is -0.132. The second-order valence-electron chi connectivity index (χ2n) is 29.6. The van der Waals surface area contributed by atoms with Gasteiger partial charge in [-0.05, 0) is 194 Å². The van der Waals surface area contributed by atoms with E-state index in [1.165, 1.54) is 72.8 Å². The van der Waals surface area contributed by atoms with E-state index >= 15 is 0 Å². The highest BCUT2D eigenvalue weighted by Gasteiger charge is 2.44. The molecule has 0 heterocycles. The molecule has 8 aromatic carbocycles. The lowest BCUT2D eigenvalue weighted by atomic mass is 9.89. The second-order valence-corrected chi connectivity index (χ2v) is 29.6. The van der Waals surface area contributed by atoms with Crippen LogP contribution in [-0.4, -0.2) is 321 Å². The summed E-state index contributed by atoms with van der Waals surface area (Å²) < 4.78 is 102. The maximum absolute atomic E-state index is 14.8. The van der Waals surface area contributed by atoms with E-state index in [1.54, 1.807) is 0 Å². The third-order valence-electron chi connectivity index (χ3n) is 19.2. The van der Waals surface area contributed by atoms with Crippen LogP contribution >= 0.6 is 0 Å². The lowest BCUT2D eigenvalue weighted by Gasteiger charge is -2.37. The van der Waals surface area contributed by atoms with Gasteiger partial charge in [0.05, 0.1) is 185 Å². The SMILES string of the molecule is O=C(OCCO)c1ccc(C(=O)OCC(COCC(COC(=O)c2ccc(C(=O)OCCO)cc2)(COC(=O)c2ccc(C(=O)OCCO)cc2)COC(=O)c2ccc(C(=O)OCCO)cc2)(COCC(COC(=O)c2ccc(C(=O)OCCO)cc2)(COC(=O)c2ccc(C(=O)OCCO)cc2)COC(=O)c2ccc(C(=O)OCCO)cc2)COC(=O)c2ccc(C(=O)OCCO)cc2)cc1. The van der Waals surface area contributed by atoms with Gasteiger partial charge in [-0.15, -0.1) is 0 Å². The molecule has 0 aliphatic rings. The second kappa shape index (κ2) is 55.5. The van der Waals surface area contributed by atoms with E-state index in [1.807, 2.05) is 0 Å². The van der Waals surface area contributed by atoms with Crippen molar-refractivity contribution < 1.29 is 203 Å². The van der Waals surface area contributed by atoms with E-state index in [0.717, 1.165) is 121 Å². The molecule has 8 rings (SSSR count). The minimum absolute atomic E-state index is 0.0983. The zero-order valence-electron chi connectivity index (χ0n) is 73.2. The topological polar surface area (TPSA) is 601 Å². The molecule has 0 aliphatic heterocycles. The van der Waals surface area contributed by atoms with Crippen molar-refractivity contribution in [2.45, 2.75) is 0 Å². The molecular formula is C95H96O42. The van der Waals surface area contributed by atoms with Crippen molar-refractivity contribution in [1.82, 2.24) is 0 Å². The third kappa shape index (κ3) is 33.8. The number of carbonyl (C=O) groups is 16. The molecule has 0 aromatic heterocycles. The first-order chi connectivity index (χ1) is 66.1.